The van der Waals surface area contributed by atoms with Crippen molar-refractivity contribution in [3.63, 3.8) is 0 Å². The summed E-state index contributed by atoms with van der Waals surface area (Å²) < 4.78 is 65.3. The van der Waals surface area contributed by atoms with Crippen molar-refractivity contribution >= 4 is 20.2 Å². The predicted molar refractivity (Wildman–Crippen MR) is 143 cm³/mol. The first-order chi connectivity index (χ1) is 17.1. The Kier molecular flexibility index (Phi) is 19.3. The Bertz CT molecular complexity index is 998. The van der Waals surface area contributed by atoms with E-state index in [0.29, 0.717) is 0 Å². The van der Waals surface area contributed by atoms with Crippen LogP contribution in [0, 0.1) is 0 Å². The monoisotopic (exact) mass is 602 g/mol. The van der Waals surface area contributed by atoms with Gasteiger partial charge in [-0.15, -0.1) is 0 Å². The molecule has 0 bridgehead atoms. The zero-order chi connectivity index (χ0) is 26.9. The molecule has 2 rings (SSSR count). The third-order valence-corrected chi connectivity index (χ3v) is 7.67. The van der Waals surface area contributed by atoms with Gasteiger partial charge in [0, 0.05) is 0 Å². The van der Waals surface area contributed by atoms with E-state index >= 15 is 0 Å². The fourth-order valence-electron chi connectivity index (χ4n) is 3.93. The van der Waals surface area contributed by atoms with E-state index < -0.39 is 20.2 Å². The molecule has 0 amide bonds. The van der Waals surface area contributed by atoms with Crippen molar-refractivity contribution < 1.29 is 45.4 Å². The Labute approximate surface area is 237 Å². The molecular formula is C28H42O6S2Zn. The number of unbranched alkanes of at least 4 members (excludes halogenated alkanes) is 10. The number of benzene rings is 2. The van der Waals surface area contributed by atoms with Gasteiger partial charge < -0.3 is 9.11 Å². The van der Waals surface area contributed by atoms with Crippen LogP contribution in [0.5, 0.6) is 0 Å². The van der Waals surface area contributed by atoms with E-state index in [1.54, 1.807) is 12.1 Å². The molecule has 6 nitrogen and oxygen atoms in total. The van der Waals surface area contributed by atoms with E-state index in [-0.39, 0.29) is 29.3 Å². The fourth-order valence-corrected chi connectivity index (χ4v) is 5.01. The van der Waals surface area contributed by atoms with Gasteiger partial charge >= 0.3 is 19.5 Å². The minimum absolute atomic E-state index is 0. The summed E-state index contributed by atoms with van der Waals surface area (Å²) in [5.41, 5.74) is 1.87. The first-order valence-corrected chi connectivity index (χ1v) is 16.0. The van der Waals surface area contributed by atoms with E-state index in [4.69, 9.17) is 0 Å². The Morgan fingerprint density at radius 2 is 0.865 bits per heavy atom. The second-order valence-electron chi connectivity index (χ2n) is 9.24. The molecule has 37 heavy (non-hydrogen) atoms. The minimum atomic E-state index is -4.32. The van der Waals surface area contributed by atoms with Crippen molar-refractivity contribution in [1.29, 1.82) is 0 Å². The van der Waals surface area contributed by atoms with Crippen molar-refractivity contribution in [2.45, 2.75) is 114 Å². The molecular weight excluding hydrogens is 562 g/mol. The Morgan fingerprint density at radius 1 is 0.541 bits per heavy atom. The quantitative estimate of drug-likeness (QED) is 0.116. The molecule has 0 fully saturated rings. The van der Waals surface area contributed by atoms with Gasteiger partial charge in [0.25, 0.3) is 0 Å². The summed E-state index contributed by atoms with van der Waals surface area (Å²) in [6.45, 7) is 4.38. The maximum atomic E-state index is 10.9. The summed E-state index contributed by atoms with van der Waals surface area (Å²) in [6.07, 6.45) is 16.1. The molecule has 0 aliphatic heterocycles. The molecule has 9 heteroatoms. The first kappa shape index (κ1) is 35.9. The molecule has 0 atom stereocenters. The first-order valence-electron chi connectivity index (χ1n) is 13.2. The second kappa shape index (κ2) is 19.9. The summed E-state index contributed by atoms with van der Waals surface area (Å²) in [6, 6.07) is 12.7. The van der Waals surface area contributed by atoms with E-state index in [0.717, 1.165) is 49.7 Å². The summed E-state index contributed by atoms with van der Waals surface area (Å²) in [7, 11) is -8.64. The molecule has 0 heterocycles. The molecule has 0 spiro atoms. The van der Waals surface area contributed by atoms with Gasteiger partial charge in [-0.3, -0.25) is 0 Å². The van der Waals surface area contributed by atoms with Crippen LogP contribution in [0.1, 0.15) is 102 Å². The van der Waals surface area contributed by atoms with Crippen LogP contribution in [0.4, 0.5) is 0 Å². The molecule has 0 N–H and O–H groups in total. The van der Waals surface area contributed by atoms with Crippen molar-refractivity contribution in [3.05, 3.63) is 59.7 Å². The van der Waals surface area contributed by atoms with Crippen LogP contribution in [0.2, 0.25) is 0 Å². The summed E-state index contributed by atoms with van der Waals surface area (Å²) in [4.78, 5) is -0.239. The topological polar surface area (TPSA) is 114 Å². The minimum Gasteiger partial charge on any atom is -0.744 e. The van der Waals surface area contributed by atoms with Gasteiger partial charge in [-0.05, 0) is 61.1 Å². The van der Waals surface area contributed by atoms with Crippen molar-refractivity contribution in [3.8, 4) is 0 Å². The van der Waals surface area contributed by atoms with Gasteiger partial charge in [0.2, 0.25) is 0 Å². The maximum Gasteiger partial charge on any atom is 2.00 e. The van der Waals surface area contributed by atoms with E-state index in [1.807, 2.05) is 12.1 Å². The number of rotatable bonds is 16. The summed E-state index contributed by atoms with van der Waals surface area (Å²) in [5.74, 6) is 0. The number of hydrogen-bond donors (Lipinski definition) is 0. The van der Waals surface area contributed by atoms with E-state index in [1.165, 1.54) is 75.6 Å². The van der Waals surface area contributed by atoms with E-state index in [9.17, 15) is 25.9 Å². The summed E-state index contributed by atoms with van der Waals surface area (Å²) >= 11 is 0. The van der Waals surface area contributed by atoms with Crippen LogP contribution < -0.4 is 0 Å². The molecule has 0 unspecified atom stereocenters. The van der Waals surface area contributed by atoms with Crippen LogP contribution in [0.15, 0.2) is 58.3 Å². The predicted octanol–water partition coefficient (Wildman–Crippen LogP) is 6.98. The molecule has 0 aliphatic carbocycles. The largest absolute Gasteiger partial charge is 2.00 e. The van der Waals surface area contributed by atoms with Crippen molar-refractivity contribution in [2.24, 2.45) is 0 Å². The maximum absolute atomic E-state index is 10.9. The second-order valence-corrected chi connectivity index (χ2v) is 12.0. The van der Waals surface area contributed by atoms with E-state index in [2.05, 4.69) is 13.8 Å². The molecule has 0 aliphatic rings. The standard InChI is InChI=1S/2C14H22O3S.Zn/c2*1-2-3-4-5-6-7-9-13-10-8-11-14(12-13)18(15,16)17;/h2*8,10-12H,2-7,9H2,1H3,(H,15,16,17);/q;;+2/p-2. The van der Waals surface area contributed by atoms with Crippen molar-refractivity contribution in [1.82, 2.24) is 0 Å². The van der Waals surface area contributed by atoms with Crippen LogP contribution in [-0.4, -0.2) is 25.9 Å². The number of hydrogen-bond acceptors (Lipinski definition) is 6. The number of aryl methyl sites for hydroxylation is 2. The normalized spacial score (nSPS) is 11.4. The van der Waals surface area contributed by atoms with Crippen molar-refractivity contribution in [2.75, 3.05) is 0 Å². The molecule has 0 aromatic heterocycles. The van der Waals surface area contributed by atoms with Gasteiger partial charge in [-0.25, -0.2) is 16.8 Å². The molecule has 2 aromatic carbocycles. The Hall–Kier alpha value is -1.12. The Morgan fingerprint density at radius 3 is 1.19 bits per heavy atom. The summed E-state index contributed by atoms with van der Waals surface area (Å²) in [5, 5.41) is 0. The van der Waals surface area contributed by atoms with Gasteiger partial charge in [0.1, 0.15) is 20.2 Å². The molecule has 2 aromatic rings. The molecule has 0 saturated carbocycles. The van der Waals surface area contributed by atoms with Gasteiger partial charge in [0.15, 0.2) is 0 Å². The smallest absolute Gasteiger partial charge is 0.744 e. The average molecular weight is 604 g/mol. The SMILES string of the molecule is CCCCCCCCc1cccc(S(=O)(=O)[O-])c1.CCCCCCCCc1cccc(S(=O)(=O)[O-])c1.[Zn+2]. The zero-order valence-corrected chi connectivity index (χ0v) is 27.1. The van der Waals surface area contributed by atoms with Gasteiger partial charge in [-0.2, -0.15) is 0 Å². The van der Waals surface area contributed by atoms with Crippen LogP contribution in [0.3, 0.4) is 0 Å². The van der Waals surface area contributed by atoms with Crippen LogP contribution in [-0.2, 0) is 52.6 Å². The third-order valence-electron chi connectivity index (χ3n) is 6.01. The molecule has 0 radical (unpaired) electrons. The van der Waals surface area contributed by atoms with Crippen LogP contribution >= 0.6 is 0 Å². The fraction of sp³-hybridized carbons (Fsp3) is 0.571. The van der Waals surface area contributed by atoms with Crippen LogP contribution in [0.25, 0.3) is 0 Å². The molecule has 0 saturated heterocycles. The zero-order valence-electron chi connectivity index (χ0n) is 22.5. The van der Waals surface area contributed by atoms with Gasteiger partial charge in [0.05, 0.1) is 9.79 Å². The van der Waals surface area contributed by atoms with Gasteiger partial charge in [-0.1, -0.05) is 102 Å². The Balaban J connectivity index is 0.000000682. The third kappa shape index (κ3) is 17.2. The molecule has 204 valence electrons. The average Bonchev–Trinajstić information content (AvgIpc) is 2.83.